The second-order valence-corrected chi connectivity index (χ2v) is 22.4. The molecule has 7 aromatic rings. The number of rotatable bonds is 9. The average Bonchev–Trinajstić information content (AvgIpc) is 3.70. The molecule has 4 unspecified atom stereocenters. The first kappa shape index (κ1) is 40.9. The van der Waals surface area contributed by atoms with Crippen LogP contribution in [0.4, 0.5) is 22.7 Å². The Bertz CT molecular complexity index is 3270. The van der Waals surface area contributed by atoms with E-state index in [1.54, 1.807) is 0 Å². The van der Waals surface area contributed by atoms with Gasteiger partial charge in [-0.05, 0) is 157 Å². The van der Waals surface area contributed by atoms with Crippen LogP contribution >= 0.6 is 0 Å². The Morgan fingerprint density at radius 3 is 1.76 bits per heavy atom. The quantitative estimate of drug-likeness (QED) is 0.143. The predicted octanol–water partition coefficient (Wildman–Crippen LogP) is 16.6. The van der Waals surface area contributed by atoms with Crippen LogP contribution in [0, 0.1) is 5.92 Å². The van der Waals surface area contributed by atoms with Crippen molar-refractivity contribution < 1.29 is 0 Å². The zero-order valence-electron chi connectivity index (χ0n) is 40.5. The normalized spacial score (nSPS) is 23.7. The third kappa shape index (κ3) is 5.28. The molecule has 2 heteroatoms. The van der Waals surface area contributed by atoms with Crippen LogP contribution in [-0.4, -0.2) is 0 Å². The fraction of sp³-hybridized carbons (Fsp3) is 0.292. The second kappa shape index (κ2) is 13.9. The zero-order valence-corrected chi connectivity index (χ0v) is 40.5. The minimum absolute atomic E-state index is 0.0442. The Balaban J connectivity index is 0.919. The molecule has 0 saturated heterocycles. The van der Waals surface area contributed by atoms with Crippen LogP contribution in [0.3, 0.4) is 0 Å². The van der Waals surface area contributed by atoms with Gasteiger partial charge in [0.25, 0.3) is 0 Å². The highest BCUT2D eigenvalue weighted by molar-refractivity contribution is 5.90. The van der Waals surface area contributed by atoms with Crippen LogP contribution in [0.5, 0.6) is 0 Å². The van der Waals surface area contributed by atoms with Crippen molar-refractivity contribution in [1.29, 1.82) is 0 Å². The van der Waals surface area contributed by atoms with E-state index >= 15 is 0 Å². The molecule has 6 aliphatic rings. The summed E-state index contributed by atoms with van der Waals surface area (Å²) < 4.78 is 0. The maximum atomic E-state index is 2.72. The van der Waals surface area contributed by atoms with Gasteiger partial charge in [-0.15, -0.1) is 0 Å². The van der Waals surface area contributed by atoms with Gasteiger partial charge in [-0.3, -0.25) is 0 Å². The summed E-state index contributed by atoms with van der Waals surface area (Å²) in [6.07, 6.45) is 13.5. The molecule has 0 aromatic heterocycles. The number of benzene rings is 7. The van der Waals surface area contributed by atoms with Gasteiger partial charge < -0.3 is 9.80 Å². The Labute approximate surface area is 398 Å². The van der Waals surface area contributed by atoms with Gasteiger partial charge in [-0.1, -0.05) is 177 Å². The topological polar surface area (TPSA) is 6.48 Å². The molecule has 0 saturated carbocycles. The summed E-state index contributed by atoms with van der Waals surface area (Å²) in [7, 11) is 0. The molecule has 67 heavy (non-hydrogen) atoms. The van der Waals surface area contributed by atoms with Crippen LogP contribution in [0.15, 0.2) is 170 Å². The van der Waals surface area contributed by atoms with E-state index in [4.69, 9.17) is 0 Å². The lowest BCUT2D eigenvalue weighted by molar-refractivity contribution is 0.362. The molecular weight excluding hydrogens is 809 g/mol. The lowest BCUT2D eigenvalue weighted by atomic mass is 9.65. The smallest absolute Gasteiger partial charge is 0.0962 e. The lowest BCUT2D eigenvalue weighted by Gasteiger charge is -2.53. The summed E-state index contributed by atoms with van der Waals surface area (Å²) in [5, 5.41) is 0. The van der Waals surface area contributed by atoms with E-state index in [0.29, 0.717) is 11.8 Å². The van der Waals surface area contributed by atoms with Gasteiger partial charge in [-0.2, -0.15) is 0 Å². The number of anilines is 4. The Kier molecular flexibility index (Phi) is 8.45. The third-order valence-corrected chi connectivity index (χ3v) is 18.0. The highest BCUT2D eigenvalue weighted by atomic mass is 15.2. The highest BCUT2D eigenvalue weighted by Gasteiger charge is 2.58. The second-order valence-electron chi connectivity index (χ2n) is 22.4. The molecule has 6 aliphatic carbocycles. The fourth-order valence-electron chi connectivity index (χ4n) is 14.5. The number of hydrogen-bond acceptors (Lipinski definition) is 2. The first-order chi connectivity index (χ1) is 32.4. The van der Waals surface area contributed by atoms with E-state index < -0.39 is 0 Å². The van der Waals surface area contributed by atoms with Gasteiger partial charge in [0, 0.05) is 45.9 Å². The molecule has 0 heterocycles. The molecule has 0 amide bonds. The standard InChI is InChI=1S/C65H62N2/c1-9-33-65(67(43-23-15-12-16-24-43)45-30-32-49-47-26-18-20-28-53(47)62(5,6)56(49)36-45)59-37-51-50-34-41-40-64(10-2,54(41)38-57(50)63(7,8)58(51)39-60(59)65)66(42-21-13-11-14-22-42)44-29-31-48-46-25-17-19-27-52(46)61(3,4)55(48)35-44/h11-32,34-39,47,53H,9-10,33,40H2,1-8H3. The van der Waals surface area contributed by atoms with Crippen molar-refractivity contribution in [3.8, 4) is 22.3 Å². The van der Waals surface area contributed by atoms with E-state index in [-0.39, 0.29) is 27.3 Å². The number of para-hydroxylation sites is 2. The predicted molar refractivity (Wildman–Crippen MR) is 281 cm³/mol. The largest absolute Gasteiger partial charge is 0.331 e. The number of nitrogens with zero attached hydrogens (tertiary/aromatic N) is 2. The van der Waals surface area contributed by atoms with E-state index in [0.717, 1.165) is 25.7 Å². The first-order valence-electron chi connectivity index (χ1n) is 25.2. The number of fused-ring (bicyclic) bond motifs is 11. The lowest BCUT2D eigenvalue weighted by Crippen LogP contribution is -2.51. The maximum absolute atomic E-state index is 2.72. The molecule has 0 aliphatic heterocycles. The molecule has 13 rings (SSSR count). The first-order valence-corrected chi connectivity index (χ1v) is 25.2. The van der Waals surface area contributed by atoms with E-state index in [1.165, 1.54) is 101 Å². The molecular formula is C65H62N2. The summed E-state index contributed by atoms with van der Waals surface area (Å²) in [5.74, 6) is 0.917. The van der Waals surface area contributed by atoms with Crippen molar-refractivity contribution in [3.05, 3.63) is 226 Å². The Morgan fingerprint density at radius 2 is 1.03 bits per heavy atom. The van der Waals surface area contributed by atoms with Crippen molar-refractivity contribution >= 4 is 22.7 Å². The molecule has 0 spiro atoms. The number of hydrogen-bond donors (Lipinski definition) is 0. The number of allylic oxidation sites excluding steroid dienone is 4. The molecule has 332 valence electrons. The van der Waals surface area contributed by atoms with Crippen LogP contribution in [0.25, 0.3) is 22.3 Å². The molecule has 0 fully saturated rings. The van der Waals surface area contributed by atoms with Gasteiger partial charge in [0.15, 0.2) is 0 Å². The minimum Gasteiger partial charge on any atom is -0.331 e. The third-order valence-electron chi connectivity index (χ3n) is 18.0. The SMILES string of the molecule is CCCC1(N(c2ccccc2)c2ccc3c(c2)C(C)(C)C2C=CC=CC32)c2cc3c(cc21)C(C)(C)c1cc2c(cc1-3)CC2(CC)N(c1ccccc1)c1ccc2c(c1)C(C)(C)c1ccccc1-2. The molecule has 7 aromatic carbocycles. The van der Waals surface area contributed by atoms with Crippen molar-refractivity contribution in [2.75, 3.05) is 9.80 Å². The maximum Gasteiger partial charge on any atom is 0.0962 e. The van der Waals surface area contributed by atoms with Crippen molar-refractivity contribution in [2.45, 2.75) is 114 Å². The molecule has 2 nitrogen and oxygen atoms in total. The monoisotopic (exact) mass is 870 g/mol. The minimum atomic E-state index is -0.209. The molecule has 0 N–H and O–H groups in total. The van der Waals surface area contributed by atoms with Gasteiger partial charge in [0.05, 0.1) is 11.1 Å². The zero-order chi connectivity index (χ0) is 45.8. The summed E-state index contributed by atoms with van der Waals surface area (Å²) in [4.78, 5) is 5.42. The van der Waals surface area contributed by atoms with Crippen molar-refractivity contribution in [2.24, 2.45) is 5.92 Å². The summed E-state index contributed by atoms with van der Waals surface area (Å²) >= 11 is 0. The van der Waals surface area contributed by atoms with Crippen LogP contribution < -0.4 is 9.80 Å². The van der Waals surface area contributed by atoms with E-state index in [9.17, 15) is 0 Å². The Morgan fingerprint density at radius 1 is 0.463 bits per heavy atom. The Hall–Kier alpha value is -6.38. The van der Waals surface area contributed by atoms with Gasteiger partial charge in [0.2, 0.25) is 0 Å². The molecule has 4 atom stereocenters. The van der Waals surface area contributed by atoms with Crippen molar-refractivity contribution in [1.82, 2.24) is 0 Å². The summed E-state index contributed by atoms with van der Waals surface area (Å²) in [5.41, 5.74) is 24.8. The van der Waals surface area contributed by atoms with Crippen LogP contribution in [0.2, 0.25) is 0 Å². The highest BCUT2D eigenvalue weighted by Crippen LogP contribution is 2.65. The van der Waals surface area contributed by atoms with E-state index in [1.807, 2.05) is 0 Å². The van der Waals surface area contributed by atoms with Crippen LogP contribution in [0.1, 0.15) is 136 Å². The summed E-state index contributed by atoms with van der Waals surface area (Å²) in [6.45, 7) is 19.5. The van der Waals surface area contributed by atoms with Gasteiger partial charge >= 0.3 is 0 Å². The van der Waals surface area contributed by atoms with Gasteiger partial charge in [0.1, 0.15) is 0 Å². The fourth-order valence-corrected chi connectivity index (χ4v) is 14.5. The molecule has 0 radical (unpaired) electrons. The van der Waals surface area contributed by atoms with Crippen molar-refractivity contribution in [3.63, 3.8) is 0 Å². The average molecular weight is 871 g/mol. The van der Waals surface area contributed by atoms with Gasteiger partial charge in [-0.25, -0.2) is 0 Å². The van der Waals surface area contributed by atoms with E-state index in [2.05, 4.69) is 235 Å². The summed E-state index contributed by atoms with van der Waals surface area (Å²) in [6, 6.07) is 56.7. The molecule has 0 bridgehead atoms. The van der Waals surface area contributed by atoms with Crippen LogP contribution in [-0.2, 0) is 33.7 Å².